The number of anilines is 1. The van der Waals surface area contributed by atoms with Gasteiger partial charge in [-0.1, -0.05) is 22.9 Å². The minimum atomic E-state index is 0.503. The molecule has 0 atom stereocenters. The Morgan fingerprint density at radius 1 is 0.935 bits per heavy atom. The van der Waals surface area contributed by atoms with E-state index in [1.54, 1.807) is 7.11 Å². The van der Waals surface area contributed by atoms with Crippen molar-refractivity contribution in [2.75, 3.05) is 71.2 Å². The van der Waals surface area contributed by atoms with Gasteiger partial charge in [0.2, 0.25) is 0 Å². The first-order valence-corrected chi connectivity index (χ1v) is 11.4. The Balaban J connectivity index is 1.20. The van der Waals surface area contributed by atoms with Crippen molar-refractivity contribution in [3.8, 4) is 0 Å². The quantitative estimate of drug-likeness (QED) is 0.425. The first-order valence-electron chi connectivity index (χ1n) is 11.4. The van der Waals surface area contributed by atoms with Crippen LogP contribution >= 0.6 is 0 Å². The minimum Gasteiger partial charge on any atom is -0.382 e. The number of piperazine rings is 1. The summed E-state index contributed by atoms with van der Waals surface area (Å²) in [7, 11) is 1.67. The maximum Gasteiger partial charge on any atom is 0.139 e. The number of hydrogen-bond acceptors (Lipinski definition) is 7. The predicted octanol–water partition coefficient (Wildman–Crippen LogP) is 3.31. The predicted molar refractivity (Wildman–Crippen MR) is 122 cm³/mol. The molecule has 0 amide bonds. The summed E-state index contributed by atoms with van der Waals surface area (Å²) < 4.78 is 21.5. The van der Waals surface area contributed by atoms with Gasteiger partial charge in [-0.2, -0.15) is 0 Å². The highest BCUT2D eigenvalue weighted by molar-refractivity contribution is 5.47. The average Bonchev–Trinajstić information content (AvgIpc) is 3.25. The van der Waals surface area contributed by atoms with Gasteiger partial charge in [0.15, 0.2) is 0 Å². The molecule has 1 saturated heterocycles. The first-order chi connectivity index (χ1) is 15.2. The van der Waals surface area contributed by atoms with Gasteiger partial charge < -0.3 is 23.6 Å². The van der Waals surface area contributed by atoms with Gasteiger partial charge in [-0.25, -0.2) is 0 Å². The van der Waals surface area contributed by atoms with E-state index in [-0.39, 0.29) is 0 Å². The Labute approximate surface area is 186 Å². The molecule has 0 radical (unpaired) electrons. The SMILES string of the molecule is COCCOCCc1cc(COCCCCN2CCN(c3ccc(C)cc3)CC2)no1. The maximum atomic E-state index is 5.77. The second-order valence-corrected chi connectivity index (χ2v) is 8.06. The van der Waals surface area contributed by atoms with Gasteiger partial charge in [0.1, 0.15) is 11.5 Å². The lowest BCUT2D eigenvalue weighted by molar-refractivity contribution is 0.0700. The zero-order chi connectivity index (χ0) is 21.7. The van der Waals surface area contributed by atoms with Crippen molar-refractivity contribution >= 4 is 5.69 Å². The van der Waals surface area contributed by atoms with E-state index in [9.17, 15) is 0 Å². The molecule has 0 bridgehead atoms. The standard InChI is InChI=1S/C24H37N3O4/c1-21-5-7-23(8-6-21)27-13-11-26(12-14-27)10-3-4-15-30-20-22-19-24(31-25-22)9-16-29-18-17-28-2/h5-8,19H,3-4,9-18,20H2,1-2H3. The Morgan fingerprint density at radius 3 is 2.52 bits per heavy atom. The van der Waals surface area contributed by atoms with Gasteiger partial charge in [-0.05, 0) is 38.4 Å². The van der Waals surface area contributed by atoms with E-state index in [0.717, 1.165) is 63.6 Å². The lowest BCUT2D eigenvalue weighted by Crippen LogP contribution is -2.46. The number of ether oxygens (including phenoxy) is 3. The zero-order valence-corrected chi connectivity index (χ0v) is 19.1. The van der Waals surface area contributed by atoms with Crippen molar-refractivity contribution in [1.29, 1.82) is 0 Å². The number of rotatable bonds is 14. The molecule has 1 aliphatic rings. The second kappa shape index (κ2) is 13.5. The Hall–Kier alpha value is -1.93. The molecule has 7 nitrogen and oxygen atoms in total. The van der Waals surface area contributed by atoms with Crippen LogP contribution in [-0.2, 0) is 27.2 Å². The molecule has 1 aliphatic heterocycles. The summed E-state index contributed by atoms with van der Waals surface area (Å²) in [5.41, 5.74) is 3.50. The summed E-state index contributed by atoms with van der Waals surface area (Å²) >= 11 is 0. The van der Waals surface area contributed by atoms with Crippen molar-refractivity contribution < 1.29 is 18.7 Å². The molecule has 1 fully saturated rings. The molecule has 3 rings (SSSR count). The third-order valence-electron chi connectivity index (χ3n) is 5.57. The van der Waals surface area contributed by atoms with Crippen molar-refractivity contribution in [2.24, 2.45) is 0 Å². The van der Waals surface area contributed by atoms with Crippen molar-refractivity contribution in [3.05, 3.63) is 47.3 Å². The molecule has 0 spiro atoms. The van der Waals surface area contributed by atoms with Gasteiger partial charge in [-0.15, -0.1) is 0 Å². The molecule has 1 aromatic heterocycles. The molecule has 0 unspecified atom stereocenters. The molecule has 0 N–H and O–H groups in total. The average molecular weight is 432 g/mol. The smallest absolute Gasteiger partial charge is 0.139 e. The van der Waals surface area contributed by atoms with Gasteiger partial charge in [0.25, 0.3) is 0 Å². The molecule has 172 valence electrons. The minimum absolute atomic E-state index is 0.503. The van der Waals surface area contributed by atoms with Crippen LogP contribution in [0.2, 0.25) is 0 Å². The highest BCUT2D eigenvalue weighted by Gasteiger charge is 2.16. The number of methoxy groups -OCH3 is 1. The summed E-state index contributed by atoms with van der Waals surface area (Å²) in [5, 5.41) is 4.07. The Bertz CT molecular complexity index is 727. The van der Waals surface area contributed by atoms with E-state index in [0.29, 0.717) is 32.8 Å². The van der Waals surface area contributed by atoms with Gasteiger partial charge in [0.05, 0.1) is 26.4 Å². The maximum absolute atomic E-state index is 5.77. The lowest BCUT2D eigenvalue weighted by atomic mass is 10.2. The summed E-state index contributed by atoms with van der Waals surface area (Å²) in [6, 6.07) is 10.8. The van der Waals surface area contributed by atoms with Crippen LogP contribution in [0.25, 0.3) is 0 Å². The highest BCUT2D eigenvalue weighted by atomic mass is 16.5. The fourth-order valence-electron chi connectivity index (χ4n) is 3.66. The number of unbranched alkanes of at least 4 members (excludes halogenated alkanes) is 1. The van der Waals surface area contributed by atoms with Crippen LogP contribution in [0.1, 0.15) is 29.9 Å². The third-order valence-corrected chi connectivity index (χ3v) is 5.57. The zero-order valence-electron chi connectivity index (χ0n) is 19.1. The van der Waals surface area contributed by atoms with Crippen molar-refractivity contribution in [1.82, 2.24) is 10.1 Å². The monoisotopic (exact) mass is 431 g/mol. The Kier molecular flexibility index (Phi) is 10.3. The number of aryl methyl sites for hydroxylation is 1. The normalized spacial score (nSPS) is 15.0. The van der Waals surface area contributed by atoms with Crippen LogP contribution < -0.4 is 4.90 Å². The molecule has 2 aromatic rings. The molecule has 0 aliphatic carbocycles. The molecule has 7 heteroatoms. The van der Waals surface area contributed by atoms with Crippen LogP contribution in [0.15, 0.2) is 34.9 Å². The highest BCUT2D eigenvalue weighted by Crippen LogP contribution is 2.17. The molecule has 31 heavy (non-hydrogen) atoms. The third kappa shape index (κ3) is 8.61. The molecular formula is C24H37N3O4. The van der Waals surface area contributed by atoms with Crippen molar-refractivity contribution in [3.63, 3.8) is 0 Å². The van der Waals surface area contributed by atoms with Crippen LogP contribution in [0.5, 0.6) is 0 Å². The number of benzene rings is 1. The Morgan fingerprint density at radius 2 is 1.74 bits per heavy atom. The fourth-order valence-corrected chi connectivity index (χ4v) is 3.66. The lowest BCUT2D eigenvalue weighted by Gasteiger charge is -2.36. The summed E-state index contributed by atoms with van der Waals surface area (Å²) in [5.74, 6) is 0.834. The van der Waals surface area contributed by atoms with Crippen LogP contribution in [0, 0.1) is 6.92 Å². The topological polar surface area (TPSA) is 60.2 Å². The second-order valence-electron chi connectivity index (χ2n) is 8.06. The molecule has 0 saturated carbocycles. The van der Waals surface area contributed by atoms with E-state index in [2.05, 4.69) is 46.1 Å². The summed E-state index contributed by atoms with van der Waals surface area (Å²) in [6.45, 7) is 10.8. The van der Waals surface area contributed by atoms with E-state index >= 15 is 0 Å². The van der Waals surface area contributed by atoms with E-state index in [4.69, 9.17) is 18.7 Å². The number of nitrogens with zero attached hydrogens (tertiary/aromatic N) is 3. The number of aromatic nitrogens is 1. The van der Waals surface area contributed by atoms with E-state index in [1.165, 1.54) is 11.3 Å². The molecule has 1 aromatic carbocycles. The fraction of sp³-hybridized carbons (Fsp3) is 0.625. The largest absolute Gasteiger partial charge is 0.382 e. The summed E-state index contributed by atoms with van der Waals surface area (Å²) in [4.78, 5) is 5.04. The number of hydrogen-bond donors (Lipinski definition) is 0. The van der Waals surface area contributed by atoms with E-state index in [1.807, 2.05) is 6.07 Å². The van der Waals surface area contributed by atoms with Crippen molar-refractivity contribution in [2.45, 2.75) is 32.8 Å². The van der Waals surface area contributed by atoms with Crippen LogP contribution in [-0.4, -0.2) is 76.3 Å². The molecule has 2 heterocycles. The van der Waals surface area contributed by atoms with Gasteiger partial charge in [-0.3, -0.25) is 4.90 Å². The van der Waals surface area contributed by atoms with Gasteiger partial charge >= 0.3 is 0 Å². The van der Waals surface area contributed by atoms with Crippen LogP contribution in [0.3, 0.4) is 0 Å². The van der Waals surface area contributed by atoms with Gasteiger partial charge in [0, 0.05) is 58.1 Å². The van der Waals surface area contributed by atoms with E-state index < -0.39 is 0 Å². The summed E-state index contributed by atoms with van der Waals surface area (Å²) in [6.07, 6.45) is 2.94. The molecular weight excluding hydrogens is 394 g/mol. The first kappa shape index (κ1) is 23.7. The van der Waals surface area contributed by atoms with Crippen LogP contribution in [0.4, 0.5) is 5.69 Å².